The van der Waals surface area contributed by atoms with Gasteiger partial charge in [0.15, 0.2) is 0 Å². The lowest BCUT2D eigenvalue weighted by Gasteiger charge is -2.27. The van der Waals surface area contributed by atoms with Gasteiger partial charge in [0.25, 0.3) is 0 Å². The monoisotopic (exact) mass is 461 g/mol. The minimum Gasteiger partial charge on any atom is -0.474 e. The number of fused-ring (bicyclic) bond motifs is 2. The predicted octanol–water partition coefficient (Wildman–Crippen LogP) is 4.95. The molecule has 4 heterocycles. The van der Waals surface area contributed by atoms with E-state index in [0.29, 0.717) is 23.1 Å². The number of cyclic esters (lactones) is 1. The predicted molar refractivity (Wildman–Crippen MR) is 130 cm³/mol. The number of ether oxygens (including phenoxy) is 2. The number of nitrogens with two attached hydrogens (primary N) is 1. The van der Waals surface area contributed by atoms with Crippen LogP contribution in [0.15, 0.2) is 30.6 Å². The number of hydrogen-bond donors (Lipinski definition) is 2. The minimum atomic E-state index is -0.535. The Balaban J connectivity index is 1.54. The summed E-state index contributed by atoms with van der Waals surface area (Å²) < 4.78 is 11.4. The summed E-state index contributed by atoms with van der Waals surface area (Å²) in [6, 6.07) is 5.51. The summed E-state index contributed by atoms with van der Waals surface area (Å²) >= 11 is 0. The van der Waals surface area contributed by atoms with E-state index in [-0.39, 0.29) is 24.1 Å². The van der Waals surface area contributed by atoms with Crippen LogP contribution < -0.4 is 15.8 Å². The Kier molecular flexibility index (Phi) is 5.64. The zero-order valence-electron chi connectivity index (χ0n) is 20.1. The van der Waals surface area contributed by atoms with Gasteiger partial charge in [0.1, 0.15) is 23.8 Å². The zero-order chi connectivity index (χ0) is 24.0. The second-order valence-electron chi connectivity index (χ2n) is 9.73. The SMILES string of the molecule is CCCC(C)(N)c1cnc(OC2CC2)c2cnc(Nc3ccc4c(n3)[C@H](C)[C@H](C)OC4=O)cc12. The van der Waals surface area contributed by atoms with Crippen LogP contribution in [-0.4, -0.2) is 33.1 Å². The van der Waals surface area contributed by atoms with Crippen molar-refractivity contribution in [1.29, 1.82) is 0 Å². The molecular formula is C26H31N5O3. The van der Waals surface area contributed by atoms with E-state index in [2.05, 4.69) is 22.2 Å². The van der Waals surface area contributed by atoms with Gasteiger partial charge in [-0.05, 0) is 62.3 Å². The van der Waals surface area contributed by atoms with Gasteiger partial charge >= 0.3 is 5.97 Å². The topological polar surface area (TPSA) is 112 Å². The summed E-state index contributed by atoms with van der Waals surface area (Å²) in [5, 5.41) is 5.12. The number of carbonyl (C=O) groups is 1. The quantitative estimate of drug-likeness (QED) is 0.476. The van der Waals surface area contributed by atoms with Gasteiger partial charge in [0, 0.05) is 23.9 Å². The highest BCUT2D eigenvalue weighted by Crippen LogP contribution is 2.37. The molecular weight excluding hydrogens is 430 g/mol. The molecule has 3 atom stereocenters. The third kappa shape index (κ3) is 4.18. The number of rotatable bonds is 7. The summed E-state index contributed by atoms with van der Waals surface area (Å²) in [5.41, 5.74) is 8.39. The van der Waals surface area contributed by atoms with Crippen LogP contribution in [0.3, 0.4) is 0 Å². The minimum absolute atomic E-state index is 0.00538. The van der Waals surface area contributed by atoms with Gasteiger partial charge in [-0.1, -0.05) is 20.3 Å². The Hall–Kier alpha value is -3.26. The van der Waals surface area contributed by atoms with E-state index in [1.165, 1.54) is 0 Å². The van der Waals surface area contributed by atoms with Crippen molar-refractivity contribution in [3.63, 3.8) is 0 Å². The van der Waals surface area contributed by atoms with Crippen molar-refractivity contribution >= 4 is 28.4 Å². The molecule has 8 heteroatoms. The smallest absolute Gasteiger partial charge is 0.340 e. The van der Waals surface area contributed by atoms with E-state index in [1.54, 1.807) is 18.3 Å². The number of nitrogens with one attached hydrogen (secondary N) is 1. The van der Waals surface area contributed by atoms with E-state index in [4.69, 9.17) is 20.2 Å². The van der Waals surface area contributed by atoms with Crippen LogP contribution in [0.4, 0.5) is 11.6 Å². The third-order valence-electron chi connectivity index (χ3n) is 6.75. The van der Waals surface area contributed by atoms with Gasteiger partial charge in [-0.2, -0.15) is 0 Å². The van der Waals surface area contributed by atoms with Gasteiger partial charge in [-0.25, -0.2) is 19.7 Å². The first-order valence-electron chi connectivity index (χ1n) is 12.0. The zero-order valence-corrected chi connectivity index (χ0v) is 20.1. The van der Waals surface area contributed by atoms with Crippen molar-refractivity contribution in [1.82, 2.24) is 15.0 Å². The molecule has 1 unspecified atom stereocenters. The van der Waals surface area contributed by atoms with Crippen LogP contribution in [0.2, 0.25) is 0 Å². The standard InChI is InChI=1S/C26H31N5O3/c1-5-10-26(4,27)20-13-29-24(34-16-6-7-16)19-12-28-22(11-18(19)20)30-21-9-8-17-23(31-21)14(2)15(3)33-25(17)32/h8-9,11-16H,5-7,10,27H2,1-4H3,(H,28,30,31)/t14-,15+,26?/m1/s1. The van der Waals surface area contributed by atoms with Crippen molar-refractivity contribution in [2.75, 3.05) is 5.32 Å². The maximum absolute atomic E-state index is 12.2. The van der Waals surface area contributed by atoms with E-state index in [0.717, 1.165) is 47.7 Å². The van der Waals surface area contributed by atoms with Gasteiger partial charge in [-0.15, -0.1) is 0 Å². The average molecular weight is 462 g/mol. The number of nitrogens with zero attached hydrogens (tertiary/aromatic N) is 3. The largest absolute Gasteiger partial charge is 0.474 e. The van der Waals surface area contributed by atoms with Crippen molar-refractivity contribution < 1.29 is 14.3 Å². The van der Waals surface area contributed by atoms with Crippen molar-refractivity contribution in [2.24, 2.45) is 5.73 Å². The van der Waals surface area contributed by atoms with Crippen LogP contribution in [0.25, 0.3) is 10.8 Å². The Labute approximate surface area is 199 Å². The molecule has 1 saturated carbocycles. The molecule has 1 fully saturated rings. The summed E-state index contributed by atoms with van der Waals surface area (Å²) in [4.78, 5) is 26.2. The number of esters is 1. The molecule has 0 radical (unpaired) electrons. The summed E-state index contributed by atoms with van der Waals surface area (Å²) in [6.45, 7) is 8.06. The molecule has 0 spiro atoms. The first-order chi connectivity index (χ1) is 16.3. The first-order valence-corrected chi connectivity index (χ1v) is 12.0. The Morgan fingerprint density at radius 1 is 1.18 bits per heavy atom. The fourth-order valence-electron chi connectivity index (χ4n) is 4.48. The molecule has 2 aliphatic rings. The van der Waals surface area contributed by atoms with Crippen molar-refractivity contribution in [2.45, 2.75) is 77.0 Å². The highest BCUT2D eigenvalue weighted by molar-refractivity contribution is 5.93. The molecule has 178 valence electrons. The van der Waals surface area contributed by atoms with Crippen LogP contribution >= 0.6 is 0 Å². The molecule has 0 aromatic carbocycles. The molecule has 0 bridgehead atoms. The van der Waals surface area contributed by atoms with E-state index in [9.17, 15) is 4.79 Å². The first kappa shape index (κ1) is 22.5. The van der Waals surface area contributed by atoms with E-state index < -0.39 is 5.54 Å². The second-order valence-corrected chi connectivity index (χ2v) is 9.73. The summed E-state index contributed by atoms with van der Waals surface area (Å²) in [5.74, 6) is 1.53. The number of aromatic nitrogens is 3. The van der Waals surface area contributed by atoms with Crippen molar-refractivity contribution in [3.05, 3.63) is 47.4 Å². The number of hydrogen-bond acceptors (Lipinski definition) is 8. The molecule has 0 amide bonds. The van der Waals surface area contributed by atoms with Crippen LogP contribution in [0, 0.1) is 0 Å². The van der Waals surface area contributed by atoms with Gasteiger partial charge in [0.2, 0.25) is 5.88 Å². The van der Waals surface area contributed by atoms with Gasteiger partial charge < -0.3 is 20.5 Å². The maximum atomic E-state index is 12.2. The molecule has 8 nitrogen and oxygen atoms in total. The molecule has 1 aliphatic carbocycles. The number of carbonyl (C=O) groups excluding carboxylic acids is 1. The lowest BCUT2D eigenvalue weighted by atomic mass is 9.87. The van der Waals surface area contributed by atoms with E-state index in [1.807, 2.05) is 33.0 Å². The fourth-order valence-corrected chi connectivity index (χ4v) is 4.48. The van der Waals surface area contributed by atoms with E-state index >= 15 is 0 Å². The Morgan fingerprint density at radius 2 is 1.97 bits per heavy atom. The average Bonchev–Trinajstić information content (AvgIpc) is 3.61. The Morgan fingerprint density at radius 3 is 2.71 bits per heavy atom. The van der Waals surface area contributed by atoms with Gasteiger partial charge in [-0.3, -0.25) is 0 Å². The molecule has 34 heavy (non-hydrogen) atoms. The van der Waals surface area contributed by atoms with Crippen LogP contribution in [0.5, 0.6) is 5.88 Å². The highest BCUT2D eigenvalue weighted by atomic mass is 16.5. The maximum Gasteiger partial charge on any atom is 0.340 e. The molecule has 3 aromatic rings. The molecule has 0 saturated heterocycles. The second kappa shape index (κ2) is 8.51. The number of pyridine rings is 3. The summed E-state index contributed by atoms with van der Waals surface area (Å²) in [7, 11) is 0. The van der Waals surface area contributed by atoms with Crippen LogP contribution in [-0.2, 0) is 10.3 Å². The highest BCUT2D eigenvalue weighted by Gasteiger charge is 2.32. The molecule has 3 N–H and O–H groups in total. The van der Waals surface area contributed by atoms with Crippen LogP contribution in [0.1, 0.15) is 80.9 Å². The normalized spacial score (nSPS) is 21.5. The lowest BCUT2D eigenvalue weighted by Crippen LogP contribution is -2.33. The summed E-state index contributed by atoms with van der Waals surface area (Å²) in [6.07, 6.45) is 7.53. The van der Waals surface area contributed by atoms with Gasteiger partial charge in [0.05, 0.1) is 16.6 Å². The number of anilines is 2. The molecule has 5 rings (SSSR count). The lowest BCUT2D eigenvalue weighted by molar-refractivity contribution is 0.0235. The third-order valence-corrected chi connectivity index (χ3v) is 6.75. The Bertz CT molecular complexity index is 1250. The van der Waals surface area contributed by atoms with Crippen molar-refractivity contribution in [3.8, 4) is 5.88 Å². The fraction of sp³-hybridized carbons (Fsp3) is 0.462. The molecule has 3 aromatic heterocycles. The molecule has 1 aliphatic heterocycles.